The average molecular weight is 289 g/mol. The highest BCUT2D eigenvalue weighted by Crippen LogP contribution is 2.04. The molecule has 104 valence electrons. The second-order valence-corrected chi connectivity index (χ2v) is 4.94. The Bertz CT molecular complexity index is 555. The minimum absolute atomic E-state index is 0.0122. The molecule has 2 rings (SSSR count). The van der Waals surface area contributed by atoms with Crippen molar-refractivity contribution in [3.63, 3.8) is 0 Å². The number of pyridine rings is 1. The van der Waals surface area contributed by atoms with Gasteiger partial charge in [0.15, 0.2) is 0 Å². The van der Waals surface area contributed by atoms with Crippen LogP contribution >= 0.6 is 11.3 Å². The highest BCUT2D eigenvalue weighted by atomic mass is 32.1. The number of thiophene rings is 1. The summed E-state index contributed by atoms with van der Waals surface area (Å²) in [4.78, 5) is 27.2. The van der Waals surface area contributed by atoms with Gasteiger partial charge in [-0.1, -0.05) is 6.07 Å². The first kappa shape index (κ1) is 14.2. The first-order chi connectivity index (χ1) is 9.75. The van der Waals surface area contributed by atoms with E-state index in [-0.39, 0.29) is 18.4 Å². The van der Waals surface area contributed by atoms with E-state index in [0.717, 1.165) is 12.0 Å². The highest BCUT2D eigenvalue weighted by Gasteiger charge is 2.07. The fourth-order valence-corrected chi connectivity index (χ4v) is 2.25. The molecule has 0 fully saturated rings. The third-order valence-electron chi connectivity index (χ3n) is 2.65. The molecule has 0 saturated heterocycles. The lowest BCUT2D eigenvalue weighted by molar-refractivity contribution is -0.120. The Morgan fingerprint density at radius 3 is 2.85 bits per heavy atom. The van der Waals surface area contributed by atoms with E-state index in [0.29, 0.717) is 12.1 Å². The molecular weight excluding hydrogens is 274 g/mol. The molecule has 0 aliphatic carbocycles. The van der Waals surface area contributed by atoms with Gasteiger partial charge in [0.2, 0.25) is 5.91 Å². The number of amides is 2. The van der Waals surface area contributed by atoms with E-state index in [9.17, 15) is 9.59 Å². The maximum absolute atomic E-state index is 11.6. The Kier molecular flexibility index (Phi) is 5.25. The predicted molar refractivity (Wildman–Crippen MR) is 77.6 cm³/mol. The highest BCUT2D eigenvalue weighted by molar-refractivity contribution is 7.08. The molecule has 0 atom stereocenters. The summed E-state index contributed by atoms with van der Waals surface area (Å²) in [5.41, 5.74) is 1.65. The summed E-state index contributed by atoms with van der Waals surface area (Å²) in [7, 11) is 0. The number of hydrogen-bond donors (Lipinski definition) is 2. The van der Waals surface area contributed by atoms with Crippen LogP contribution in [0.5, 0.6) is 0 Å². The summed E-state index contributed by atoms with van der Waals surface area (Å²) >= 11 is 1.45. The molecule has 2 heterocycles. The monoisotopic (exact) mass is 289 g/mol. The molecule has 0 aromatic carbocycles. The quantitative estimate of drug-likeness (QED) is 0.840. The fraction of sp³-hybridized carbons (Fsp3) is 0.214. The van der Waals surface area contributed by atoms with Crippen LogP contribution in [0.25, 0.3) is 0 Å². The third kappa shape index (κ3) is 4.47. The van der Waals surface area contributed by atoms with Gasteiger partial charge in [-0.15, -0.1) is 0 Å². The molecule has 0 aliphatic rings. The van der Waals surface area contributed by atoms with E-state index < -0.39 is 0 Å². The number of aromatic nitrogens is 1. The summed E-state index contributed by atoms with van der Waals surface area (Å²) in [6.07, 6.45) is 4.20. The van der Waals surface area contributed by atoms with Gasteiger partial charge in [-0.3, -0.25) is 14.6 Å². The normalized spacial score (nSPS) is 10.0. The van der Waals surface area contributed by atoms with Gasteiger partial charge in [-0.25, -0.2) is 0 Å². The average Bonchev–Trinajstić information content (AvgIpc) is 3.00. The van der Waals surface area contributed by atoms with Crippen molar-refractivity contribution in [2.75, 3.05) is 13.1 Å². The van der Waals surface area contributed by atoms with Crippen molar-refractivity contribution < 1.29 is 9.59 Å². The van der Waals surface area contributed by atoms with Crippen LogP contribution in [0, 0.1) is 0 Å². The van der Waals surface area contributed by atoms with E-state index in [4.69, 9.17) is 0 Å². The molecule has 2 amide bonds. The van der Waals surface area contributed by atoms with Crippen molar-refractivity contribution in [3.8, 4) is 0 Å². The van der Waals surface area contributed by atoms with Crippen molar-refractivity contribution in [1.29, 1.82) is 0 Å². The zero-order valence-electron chi connectivity index (χ0n) is 10.8. The summed E-state index contributed by atoms with van der Waals surface area (Å²) in [6, 6.07) is 5.54. The topological polar surface area (TPSA) is 71.1 Å². The van der Waals surface area contributed by atoms with Gasteiger partial charge >= 0.3 is 0 Å². The van der Waals surface area contributed by atoms with Crippen LogP contribution in [0.2, 0.25) is 0 Å². The zero-order valence-corrected chi connectivity index (χ0v) is 11.7. The van der Waals surface area contributed by atoms with Gasteiger partial charge in [-0.2, -0.15) is 11.3 Å². The first-order valence-electron chi connectivity index (χ1n) is 6.21. The molecular formula is C14H15N3O2S. The lowest BCUT2D eigenvalue weighted by atomic mass is 10.2. The van der Waals surface area contributed by atoms with Crippen molar-refractivity contribution in [2.24, 2.45) is 0 Å². The van der Waals surface area contributed by atoms with E-state index in [1.807, 2.05) is 17.5 Å². The van der Waals surface area contributed by atoms with Crippen molar-refractivity contribution in [1.82, 2.24) is 15.6 Å². The van der Waals surface area contributed by atoms with Crippen LogP contribution in [0.3, 0.4) is 0 Å². The van der Waals surface area contributed by atoms with Gasteiger partial charge in [0.05, 0.1) is 6.54 Å². The Balaban J connectivity index is 1.65. The lowest BCUT2D eigenvalue weighted by Gasteiger charge is -2.06. The van der Waals surface area contributed by atoms with Crippen LogP contribution in [0.15, 0.2) is 41.4 Å². The molecule has 2 N–H and O–H groups in total. The summed E-state index contributed by atoms with van der Waals surface area (Å²) in [5, 5.41) is 8.90. The summed E-state index contributed by atoms with van der Waals surface area (Å²) < 4.78 is 0. The number of nitrogens with zero attached hydrogens (tertiary/aromatic N) is 1. The second kappa shape index (κ2) is 7.40. The molecule has 5 nitrogen and oxygen atoms in total. The smallest absolute Gasteiger partial charge is 0.252 e. The Morgan fingerprint density at radius 1 is 1.25 bits per heavy atom. The van der Waals surface area contributed by atoms with Gasteiger partial charge in [0.25, 0.3) is 5.91 Å². The van der Waals surface area contributed by atoms with Gasteiger partial charge in [-0.05, 0) is 29.5 Å². The first-order valence-corrected chi connectivity index (χ1v) is 7.16. The number of carbonyl (C=O) groups is 2. The second-order valence-electron chi connectivity index (χ2n) is 4.16. The van der Waals surface area contributed by atoms with Crippen LogP contribution in [0.1, 0.15) is 15.9 Å². The van der Waals surface area contributed by atoms with E-state index in [1.165, 1.54) is 11.3 Å². The van der Waals surface area contributed by atoms with Crippen LogP contribution in [-0.4, -0.2) is 29.9 Å². The van der Waals surface area contributed by atoms with Crippen molar-refractivity contribution >= 4 is 23.2 Å². The molecule has 6 heteroatoms. The SMILES string of the molecule is O=C(CNC(=O)c1ccsc1)NCCc1cccnc1. The van der Waals surface area contributed by atoms with E-state index in [2.05, 4.69) is 15.6 Å². The molecule has 2 aromatic heterocycles. The molecule has 20 heavy (non-hydrogen) atoms. The molecule has 0 bridgehead atoms. The molecule has 0 unspecified atom stereocenters. The number of carbonyl (C=O) groups excluding carboxylic acids is 2. The van der Waals surface area contributed by atoms with Crippen LogP contribution < -0.4 is 10.6 Å². The Hall–Kier alpha value is -2.21. The Labute approximate surface area is 121 Å². The maximum atomic E-state index is 11.6. The fourth-order valence-electron chi connectivity index (χ4n) is 1.61. The van der Waals surface area contributed by atoms with Gasteiger partial charge in [0, 0.05) is 29.9 Å². The molecule has 2 aromatic rings. The lowest BCUT2D eigenvalue weighted by Crippen LogP contribution is -2.37. The number of rotatable bonds is 6. The van der Waals surface area contributed by atoms with Gasteiger partial charge in [0.1, 0.15) is 0 Å². The number of nitrogens with one attached hydrogen (secondary N) is 2. The Morgan fingerprint density at radius 2 is 2.15 bits per heavy atom. The molecule has 0 radical (unpaired) electrons. The largest absolute Gasteiger partial charge is 0.354 e. The number of hydrogen-bond acceptors (Lipinski definition) is 4. The predicted octanol–water partition coefficient (Wildman–Crippen LogP) is 1.23. The minimum Gasteiger partial charge on any atom is -0.354 e. The van der Waals surface area contributed by atoms with Crippen LogP contribution in [0.4, 0.5) is 0 Å². The van der Waals surface area contributed by atoms with Gasteiger partial charge < -0.3 is 10.6 Å². The minimum atomic E-state index is -0.228. The summed E-state index contributed by atoms with van der Waals surface area (Å²) in [6.45, 7) is 0.514. The van der Waals surface area contributed by atoms with E-state index >= 15 is 0 Å². The molecule has 0 spiro atoms. The summed E-state index contributed by atoms with van der Waals surface area (Å²) in [5.74, 6) is -0.425. The zero-order chi connectivity index (χ0) is 14.2. The van der Waals surface area contributed by atoms with Crippen LogP contribution in [-0.2, 0) is 11.2 Å². The van der Waals surface area contributed by atoms with E-state index in [1.54, 1.807) is 23.8 Å². The standard InChI is InChI=1S/C14H15N3O2S/c18-13(9-17-14(19)12-4-7-20-10-12)16-6-3-11-2-1-5-15-8-11/h1-2,4-5,7-8,10H,3,6,9H2,(H,16,18)(H,17,19). The molecule has 0 saturated carbocycles. The van der Waals surface area contributed by atoms with Crippen molar-refractivity contribution in [2.45, 2.75) is 6.42 Å². The molecule has 0 aliphatic heterocycles. The third-order valence-corrected chi connectivity index (χ3v) is 3.33. The van der Waals surface area contributed by atoms with Crippen molar-refractivity contribution in [3.05, 3.63) is 52.5 Å². The maximum Gasteiger partial charge on any atom is 0.252 e.